The second kappa shape index (κ2) is 6.38. The van der Waals surface area contributed by atoms with Crippen molar-refractivity contribution in [3.05, 3.63) is 0 Å². The summed E-state index contributed by atoms with van der Waals surface area (Å²) in [7, 11) is 0. The normalized spacial score (nSPS) is 35.0. The first-order valence-electron chi connectivity index (χ1n) is 8.11. The first kappa shape index (κ1) is 14.3. The van der Waals surface area contributed by atoms with E-state index in [9.17, 15) is 0 Å². The molecule has 0 bridgehead atoms. The molecule has 2 aliphatic rings. The van der Waals surface area contributed by atoms with Gasteiger partial charge in [-0.05, 0) is 72.4 Å². The minimum atomic E-state index is 0.429. The Kier molecular flexibility index (Phi) is 5.08. The Morgan fingerprint density at radius 3 is 2.72 bits per heavy atom. The lowest BCUT2D eigenvalue weighted by molar-refractivity contribution is 0.0940. The van der Waals surface area contributed by atoms with E-state index in [0.29, 0.717) is 5.54 Å². The molecule has 0 aromatic rings. The summed E-state index contributed by atoms with van der Waals surface area (Å²) in [4.78, 5) is 2.75. The van der Waals surface area contributed by atoms with E-state index in [-0.39, 0.29) is 0 Å². The maximum atomic E-state index is 3.76. The van der Waals surface area contributed by atoms with Gasteiger partial charge in [0.15, 0.2) is 0 Å². The number of rotatable bonds is 4. The summed E-state index contributed by atoms with van der Waals surface area (Å²) in [5.41, 5.74) is 0.429. The summed E-state index contributed by atoms with van der Waals surface area (Å²) >= 11 is 0. The molecule has 2 nitrogen and oxygen atoms in total. The van der Waals surface area contributed by atoms with Gasteiger partial charge < -0.3 is 5.32 Å². The number of hydrogen-bond donors (Lipinski definition) is 1. The highest BCUT2D eigenvalue weighted by atomic mass is 15.2. The van der Waals surface area contributed by atoms with Crippen molar-refractivity contribution in [1.82, 2.24) is 10.2 Å². The van der Waals surface area contributed by atoms with E-state index >= 15 is 0 Å². The fraction of sp³-hybridized carbons (Fsp3) is 1.00. The second-order valence-electron chi connectivity index (χ2n) is 6.96. The monoisotopic (exact) mass is 252 g/mol. The van der Waals surface area contributed by atoms with Crippen LogP contribution in [0.2, 0.25) is 0 Å². The van der Waals surface area contributed by atoms with Gasteiger partial charge in [0.05, 0.1) is 0 Å². The van der Waals surface area contributed by atoms with Gasteiger partial charge in [0.2, 0.25) is 0 Å². The fourth-order valence-corrected chi connectivity index (χ4v) is 3.83. The van der Waals surface area contributed by atoms with Crippen LogP contribution >= 0.6 is 0 Å². The summed E-state index contributed by atoms with van der Waals surface area (Å²) in [6, 6.07) is 1.57. The molecular weight excluding hydrogens is 220 g/mol. The third-order valence-corrected chi connectivity index (χ3v) is 5.07. The van der Waals surface area contributed by atoms with Crippen molar-refractivity contribution < 1.29 is 0 Å². The Morgan fingerprint density at radius 2 is 2.06 bits per heavy atom. The molecule has 2 heterocycles. The molecule has 0 aliphatic carbocycles. The molecule has 0 saturated carbocycles. The van der Waals surface area contributed by atoms with Gasteiger partial charge in [-0.25, -0.2) is 0 Å². The molecule has 0 aromatic carbocycles. The predicted octanol–water partition coefficient (Wildman–Crippen LogP) is 3.56. The molecule has 2 aliphatic heterocycles. The molecule has 2 saturated heterocycles. The predicted molar refractivity (Wildman–Crippen MR) is 79.0 cm³/mol. The van der Waals surface area contributed by atoms with Crippen molar-refractivity contribution in [1.29, 1.82) is 0 Å². The largest absolute Gasteiger partial charge is 0.312 e. The fourth-order valence-electron chi connectivity index (χ4n) is 3.83. The van der Waals surface area contributed by atoms with Crippen LogP contribution < -0.4 is 5.32 Å². The second-order valence-corrected chi connectivity index (χ2v) is 6.96. The maximum Gasteiger partial charge on any atom is 0.0153 e. The molecular formula is C16H32N2. The minimum absolute atomic E-state index is 0.429. The van der Waals surface area contributed by atoms with Crippen molar-refractivity contribution in [2.24, 2.45) is 0 Å². The lowest BCUT2D eigenvalue weighted by Gasteiger charge is -2.42. The van der Waals surface area contributed by atoms with Crippen molar-refractivity contribution in [3.8, 4) is 0 Å². The highest BCUT2D eigenvalue weighted by Crippen LogP contribution is 2.29. The zero-order valence-electron chi connectivity index (χ0n) is 12.7. The third-order valence-electron chi connectivity index (χ3n) is 5.07. The molecule has 106 valence electrons. The van der Waals surface area contributed by atoms with Gasteiger partial charge in [0, 0.05) is 17.6 Å². The first-order chi connectivity index (χ1) is 8.61. The minimum Gasteiger partial charge on any atom is -0.312 e. The van der Waals surface area contributed by atoms with Crippen molar-refractivity contribution in [2.45, 2.75) is 89.8 Å². The van der Waals surface area contributed by atoms with Gasteiger partial charge in [0.25, 0.3) is 0 Å². The van der Waals surface area contributed by atoms with Crippen LogP contribution in [-0.4, -0.2) is 35.6 Å². The molecule has 1 N–H and O–H groups in total. The maximum absolute atomic E-state index is 3.76. The average Bonchev–Trinajstić information content (AvgIpc) is 2.38. The van der Waals surface area contributed by atoms with Gasteiger partial charge in [0.1, 0.15) is 0 Å². The van der Waals surface area contributed by atoms with Crippen LogP contribution in [0, 0.1) is 0 Å². The smallest absolute Gasteiger partial charge is 0.0153 e. The Bertz CT molecular complexity index is 243. The van der Waals surface area contributed by atoms with Crippen LogP contribution in [0.3, 0.4) is 0 Å². The van der Waals surface area contributed by atoms with Crippen LogP contribution in [0.15, 0.2) is 0 Å². The molecule has 2 atom stereocenters. The SMILES string of the molecule is CC(C)N1CCCCC1CCC1(C)CCCCN1. The van der Waals surface area contributed by atoms with Crippen LogP contribution in [0.4, 0.5) is 0 Å². The van der Waals surface area contributed by atoms with Gasteiger partial charge >= 0.3 is 0 Å². The highest BCUT2D eigenvalue weighted by Gasteiger charge is 2.30. The van der Waals surface area contributed by atoms with E-state index in [2.05, 4.69) is 31.0 Å². The van der Waals surface area contributed by atoms with E-state index in [1.165, 1.54) is 64.5 Å². The highest BCUT2D eigenvalue weighted by molar-refractivity contribution is 4.89. The molecule has 0 radical (unpaired) electrons. The Balaban J connectivity index is 1.83. The zero-order chi connectivity index (χ0) is 13.0. The Morgan fingerprint density at radius 1 is 1.22 bits per heavy atom. The molecule has 0 spiro atoms. The topological polar surface area (TPSA) is 15.3 Å². The number of piperidine rings is 2. The van der Waals surface area contributed by atoms with Crippen LogP contribution in [0.25, 0.3) is 0 Å². The summed E-state index contributed by atoms with van der Waals surface area (Å²) < 4.78 is 0. The molecule has 2 heteroatoms. The molecule has 0 amide bonds. The summed E-state index contributed by atoms with van der Waals surface area (Å²) in [5, 5.41) is 3.76. The quantitative estimate of drug-likeness (QED) is 0.823. The Hall–Kier alpha value is -0.0800. The molecule has 2 unspecified atom stereocenters. The zero-order valence-corrected chi connectivity index (χ0v) is 12.7. The molecule has 2 fully saturated rings. The lowest BCUT2D eigenvalue weighted by Crippen LogP contribution is -2.49. The van der Waals surface area contributed by atoms with Gasteiger partial charge in [-0.2, -0.15) is 0 Å². The first-order valence-corrected chi connectivity index (χ1v) is 8.11. The van der Waals surface area contributed by atoms with Crippen LogP contribution in [-0.2, 0) is 0 Å². The number of likely N-dealkylation sites (tertiary alicyclic amines) is 1. The summed E-state index contributed by atoms with van der Waals surface area (Å²) in [6.45, 7) is 9.72. The molecule has 0 aromatic heterocycles. The van der Waals surface area contributed by atoms with Gasteiger partial charge in [-0.1, -0.05) is 12.8 Å². The average molecular weight is 252 g/mol. The van der Waals surface area contributed by atoms with E-state index in [1.54, 1.807) is 0 Å². The van der Waals surface area contributed by atoms with Gasteiger partial charge in [-0.3, -0.25) is 4.90 Å². The summed E-state index contributed by atoms with van der Waals surface area (Å²) in [5.74, 6) is 0. The van der Waals surface area contributed by atoms with E-state index in [4.69, 9.17) is 0 Å². The lowest BCUT2D eigenvalue weighted by atomic mass is 9.84. The van der Waals surface area contributed by atoms with Crippen LogP contribution in [0.5, 0.6) is 0 Å². The number of hydrogen-bond acceptors (Lipinski definition) is 2. The third kappa shape index (κ3) is 3.71. The van der Waals surface area contributed by atoms with Crippen molar-refractivity contribution in [2.75, 3.05) is 13.1 Å². The van der Waals surface area contributed by atoms with Gasteiger partial charge in [-0.15, -0.1) is 0 Å². The Labute approximate surface area is 114 Å². The number of nitrogens with zero attached hydrogens (tertiary/aromatic N) is 1. The van der Waals surface area contributed by atoms with E-state index in [1.807, 2.05) is 0 Å². The van der Waals surface area contributed by atoms with E-state index < -0.39 is 0 Å². The number of nitrogens with one attached hydrogen (secondary N) is 1. The standard InChI is InChI=1S/C16H32N2/c1-14(2)18-13-7-4-8-15(18)9-11-16(3)10-5-6-12-17-16/h14-15,17H,4-13H2,1-3H3. The van der Waals surface area contributed by atoms with E-state index in [0.717, 1.165) is 12.1 Å². The molecule has 18 heavy (non-hydrogen) atoms. The molecule has 2 rings (SSSR count). The van der Waals surface area contributed by atoms with Crippen molar-refractivity contribution in [3.63, 3.8) is 0 Å². The van der Waals surface area contributed by atoms with Crippen molar-refractivity contribution >= 4 is 0 Å². The summed E-state index contributed by atoms with van der Waals surface area (Å²) in [6.07, 6.45) is 11.2. The van der Waals surface area contributed by atoms with Crippen LogP contribution in [0.1, 0.15) is 72.1 Å².